The standard InChI is InChI=1S/C22H12Cl2N4O2S2/c23-11-1-7-15-17(9-11)25-21(31)27(19(15)29)13-3-5-14(6-4-13)28-20(30)16-8-2-12(24)10-18(16)26-22(28)32/h1-10H,(H,25,31)(H,26,32). The number of halogens is 2. The topological polar surface area (TPSA) is 75.6 Å². The van der Waals surface area contributed by atoms with E-state index in [-0.39, 0.29) is 20.7 Å². The van der Waals surface area contributed by atoms with E-state index in [1.54, 1.807) is 60.7 Å². The fraction of sp³-hybridized carbons (Fsp3) is 0. The Bertz CT molecular complexity index is 1650. The second-order valence-electron chi connectivity index (χ2n) is 7.04. The van der Waals surface area contributed by atoms with E-state index >= 15 is 0 Å². The van der Waals surface area contributed by atoms with Crippen molar-refractivity contribution in [2.75, 3.05) is 0 Å². The maximum absolute atomic E-state index is 13.0. The predicted octanol–water partition coefficient (Wildman–Crippen LogP) is 5.72. The summed E-state index contributed by atoms with van der Waals surface area (Å²) in [4.78, 5) is 32.2. The smallest absolute Gasteiger partial charge is 0.266 e. The molecule has 0 aliphatic rings. The van der Waals surface area contributed by atoms with Crippen molar-refractivity contribution in [2.24, 2.45) is 0 Å². The van der Waals surface area contributed by atoms with Crippen LogP contribution in [0.4, 0.5) is 0 Å². The van der Waals surface area contributed by atoms with Gasteiger partial charge < -0.3 is 9.97 Å². The quantitative estimate of drug-likeness (QED) is 0.305. The Morgan fingerprint density at radius 3 is 1.38 bits per heavy atom. The van der Waals surface area contributed by atoms with E-state index in [9.17, 15) is 9.59 Å². The maximum Gasteiger partial charge on any atom is 0.266 e. The highest BCUT2D eigenvalue weighted by molar-refractivity contribution is 7.71. The molecule has 0 unspecified atom stereocenters. The largest absolute Gasteiger partial charge is 0.331 e. The zero-order valence-corrected chi connectivity index (χ0v) is 19.2. The van der Waals surface area contributed by atoms with Crippen LogP contribution in [0.25, 0.3) is 33.2 Å². The Balaban J connectivity index is 1.66. The van der Waals surface area contributed by atoms with Gasteiger partial charge in [0.2, 0.25) is 0 Å². The second kappa shape index (κ2) is 7.83. The molecule has 0 aliphatic carbocycles. The Labute approximate surface area is 200 Å². The lowest BCUT2D eigenvalue weighted by Crippen LogP contribution is -2.22. The monoisotopic (exact) mass is 498 g/mol. The molecular weight excluding hydrogens is 487 g/mol. The molecule has 0 atom stereocenters. The van der Waals surface area contributed by atoms with Crippen molar-refractivity contribution < 1.29 is 0 Å². The molecule has 5 aromatic rings. The molecule has 0 bridgehead atoms. The van der Waals surface area contributed by atoms with Crippen LogP contribution in [0.1, 0.15) is 0 Å². The normalized spacial score (nSPS) is 11.3. The van der Waals surface area contributed by atoms with E-state index in [4.69, 9.17) is 47.6 Å². The number of aromatic nitrogens is 4. The highest BCUT2D eigenvalue weighted by Gasteiger charge is 2.11. The van der Waals surface area contributed by atoms with Crippen LogP contribution < -0.4 is 11.1 Å². The van der Waals surface area contributed by atoms with Crippen LogP contribution in [-0.4, -0.2) is 19.1 Å². The van der Waals surface area contributed by atoms with E-state index in [0.717, 1.165) is 0 Å². The summed E-state index contributed by atoms with van der Waals surface area (Å²) in [5, 5.41) is 1.92. The molecule has 2 aromatic heterocycles. The summed E-state index contributed by atoms with van der Waals surface area (Å²) in [6.07, 6.45) is 0. The van der Waals surface area contributed by atoms with E-state index in [1.807, 2.05) is 0 Å². The lowest BCUT2D eigenvalue weighted by molar-refractivity contribution is 0.922. The van der Waals surface area contributed by atoms with Gasteiger partial charge in [-0.25, -0.2) is 0 Å². The Morgan fingerprint density at radius 1 is 0.625 bits per heavy atom. The van der Waals surface area contributed by atoms with Crippen LogP contribution in [0.2, 0.25) is 10.0 Å². The van der Waals surface area contributed by atoms with Crippen LogP contribution >= 0.6 is 47.6 Å². The van der Waals surface area contributed by atoms with E-state index in [2.05, 4.69) is 9.97 Å². The molecule has 0 radical (unpaired) electrons. The van der Waals surface area contributed by atoms with Gasteiger partial charge in [-0.2, -0.15) is 0 Å². The van der Waals surface area contributed by atoms with Gasteiger partial charge in [-0.3, -0.25) is 18.7 Å². The molecule has 2 N–H and O–H groups in total. The summed E-state index contributed by atoms with van der Waals surface area (Å²) < 4.78 is 3.24. The summed E-state index contributed by atoms with van der Waals surface area (Å²) in [5.74, 6) is 0. The number of H-pyrrole nitrogens is 2. The maximum atomic E-state index is 13.0. The molecule has 0 fully saturated rings. The number of nitrogens with one attached hydrogen (secondary N) is 2. The molecule has 10 heteroatoms. The average molecular weight is 499 g/mol. The Kier molecular flexibility index (Phi) is 5.10. The van der Waals surface area contributed by atoms with Crippen molar-refractivity contribution >= 4 is 69.4 Å². The van der Waals surface area contributed by atoms with Crippen LogP contribution in [0.5, 0.6) is 0 Å². The second-order valence-corrected chi connectivity index (χ2v) is 8.68. The number of nitrogens with zero attached hydrogens (tertiary/aromatic N) is 2. The molecule has 2 heterocycles. The lowest BCUT2D eigenvalue weighted by Gasteiger charge is -2.11. The van der Waals surface area contributed by atoms with Crippen molar-refractivity contribution in [2.45, 2.75) is 0 Å². The molecule has 32 heavy (non-hydrogen) atoms. The molecule has 0 spiro atoms. The highest BCUT2D eigenvalue weighted by atomic mass is 35.5. The minimum atomic E-state index is -0.273. The summed E-state index contributed by atoms with van der Waals surface area (Å²) >= 11 is 22.8. The minimum Gasteiger partial charge on any atom is -0.331 e. The summed E-state index contributed by atoms with van der Waals surface area (Å²) in [7, 11) is 0. The first-order valence-corrected chi connectivity index (χ1v) is 10.9. The number of aromatic amines is 2. The van der Waals surface area contributed by atoms with Crippen molar-refractivity contribution in [3.05, 3.63) is 101 Å². The number of rotatable bonds is 2. The van der Waals surface area contributed by atoms with Crippen molar-refractivity contribution in [3.63, 3.8) is 0 Å². The van der Waals surface area contributed by atoms with Crippen molar-refractivity contribution in [1.29, 1.82) is 0 Å². The van der Waals surface area contributed by atoms with E-state index < -0.39 is 0 Å². The molecular formula is C22H12Cl2N4O2S2. The number of benzene rings is 3. The fourth-order valence-electron chi connectivity index (χ4n) is 3.60. The van der Waals surface area contributed by atoms with Crippen LogP contribution in [-0.2, 0) is 0 Å². The van der Waals surface area contributed by atoms with E-state index in [1.165, 1.54) is 9.13 Å². The van der Waals surface area contributed by atoms with E-state index in [0.29, 0.717) is 43.2 Å². The first-order chi connectivity index (χ1) is 15.3. The fourth-order valence-corrected chi connectivity index (χ4v) is 4.54. The van der Waals surface area contributed by atoms with Gasteiger partial charge in [0, 0.05) is 10.0 Å². The molecule has 6 nitrogen and oxygen atoms in total. The molecule has 158 valence electrons. The van der Waals surface area contributed by atoms with Crippen molar-refractivity contribution in [1.82, 2.24) is 19.1 Å². The average Bonchev–Trinajstić information content (AvgIpc) is 2.74. The predicted molar refractivity (Wildman–Crippen MR) is 133 cm³/mol. The third kappa shape index (κ3) is 3.41. The van der Waals surface area contributed by atoms with Crippen LogP contribution in [0.3, 0.4) is 0 Å². The van der Waals surface area contributed by atoms with Crippen LogP contribution in [0, 0.1) is 9.54 Å². The molecule has 0 aliphatic heterocycles. The molecule has 0 amide bonds. The summed E-state index contributed by atoms with van der Waals surface area (Å²) in [5.41, 5.74) is 1.68. The van der Waals surface area contributed by atoms with Gasteiger partial charge in [-0.05, 0) is 85.1 Å². The number of hydrogen-bond donors (Lipinski definition) is 2. The summed E-state index contributed by atoms with van der Waals surface area (Å²) in [6.45, 7) is 0. The van der Waals surface area contributed by atoms with Gasteiger partial charge in [0.15, 0.2) is 9.54 Å². The molecule has 3 aromatic carbocycles. The molecule has 0 saturated heterocycles. The zero-order chi connectivity index (χ0) is 22.6. The Morgan fingerprint density at radius 2 is 1.00 bits per heavy atom. The van der Waals surface area contributed by atoms with Gasteiger partial charge in [0.1, 0.15) is 0 Å². The molecule has 5 rings (SSSR count). The van der Waals surface area contributed by atoms with Gasteiger partial charge in [0.05, 0.1) is 33.2 Å². The number of fused-ring (bicyclic) bond motifs is 2. The number of hydrogen-bond acceptors (Lipinski definition) is 4. The third-order valence-corrected chi connectivity index (χ3v) is 6.13. The SMILES string of the molecule is O=c1c2ccc(Cl)cc2[nH]c(=S)n1-c1ccc(-n2c(=S)[nH]c3cc(Cl)ccc3c2=O)cc1. The summed E-state index contributed by atoms with van der Waals surface area (Å²) in [6, 6.07) is 16.7. The molecule has 0 saturated carbocycles. The van der Waals surface area contributed by atoms with Gasteiger partial charge in [-0.1, -0.05) is 23.2 Å². The highest BCUT2D eigenvalue weighted by Crippen LogP contribution is 2.19. The minimum absolute atomic E-state index is 0.231. The van der Waals surface area contributed by atoms with Gasteiger partial charge in [0.25, 0.3) is 11.1 Å². The van der Waals surface area contributed by atoms with Crippen molar-refractivity contribution in [3.8, 4) is 11.4 Å². The lowest BCUT2D eigenvalue weighted by atomic mass is 10.2. The first-order valence-electron chi connectivity index (χ1n) is 9.33. The van der Waals surface area contributed by atoms with Gasteiger partial charge >= 0.3 is 0 Å². The zero-order valence-electron chi connectivity index (χ0n) is 16.1. The first kappa shape index (κ1) is 20.8. The van der Waals surface area contributed by atoms with Gasteiger partial charge in [-0.15, -0.1) is 0 Å². The third-order valence-electron chi connectivity index (χ3n) is 5.09. The Hall–Kier alpha value is -3.04. The van der Waals surface area contributed by atoms with Crippen LogP contribution in [0.15, 0.2) is 70.3 Å².